The van der Waals surface area contributed by atoms with Gasteiger partial charge in [-0.05, 0) is 42.4 Å². The molecular formula is C21H17ClF2N4OS. The first-order valence-corrected chi connectivity index (χ1v) is 10.3. The van der Waals surface area contributed by atoms with Crippen molar-refractivity contribution in [3.63, 3.8) is 0 Å². The molecule has 1 fully saturated rings. The van der Waals surface area contributed by atoms with Crippen molar-refractivity contribution in [3.05, 3.63) is 80.6 Å². The lowest BCUT2D eigenvalue weighted by Crippen LogP contribution is -2.25. The van der Waals surface area contributed by atoms with E-state index in [-0.39, 0.29) is 28.8 Å². The van der Waals surface area contributed by atoms with Gasteiger partial charge >= 0.3 is 0 Å². The van der Waals surface area contributed by atoms with Crippen molar-refractivity contribution in [1.29, 1.82) is 0 Å². The Morgan fingerprint density at radius 3 is 3.00 bits per heavy atom. The lowest BCUT2D eigenvalue weighted by atomic mass is 9.93. The minimum atomic E-state index is -0.712. The zero-order chi connectivity index (χ0) is 21.0. The second-order valence-corrected chi connectivity index (χ2v) is 8.62. The van der Waals surface area contributed by atoms with Crippen LogP contribution in [0, 0.1) is 16.4 Å². The zero-order valence-electron chi connectivity index (χ0n) is 15.7. The third-order valence-corrected chi connectivity index (χ3v) is 6.65. The molecule has 1 amide bonds. The highest BCUT2D eigenvalue weighted by Gasteiger charge is 2.64. The molecule has 1 aromatic carbocycles. The highest BCUT2D eigenvalue weighted by molar-refractivity contribution is 7.71. The van der Waals surface area contributed by atoms with Crippen LogP contribution in [0.4, 0.5) is 8.78 Å². The predicted molar refractivity (Wildman–Crippen MR) is 110 cm³/mol. The average Bonchev–Trinajstić information content (AvgIpc) is 3.21. The molecule has 2 aliphatic rings. The van der Waals surface area contributed by atoms with Crippen LogP contribution in [-0.4, -0.2) is 20.4 Å². The fourth-order valence-corrected chi connectivity index (χ4v) is 5.05. The SMILES string of the molecule is O=C(Cc1[nH]c(=S)n2c1[C@@H]1C[C@]1(c1c(F)ccc(Cl)c1F)C2)NCc1cccnc1. The van der Waals surface area contributed by atoms with Gasteiger partial charge in [-0.2, -0.15) is 0 Å². The summed E-state index contributed by atoms with van der Waals surface area (Å²) in [5.41, 5.74) is 1.77. The van der Waals surface area contributed by atoms with Gasteiger partial charge in [0, 0.05) is 53.8 Å². The fourth-order valence-electron chi connectivity index (χ4n) is 4.61. The Morgan fingerprint density at radius 2 is 2.23 bits per heavy atom. The lowest BCUT2D eigenvalue weighted by molar-refractivity contribution is -0.120. The summed E-state index contributed by atoms with van der Waals surface area (Å²) in [5.74, 6) is -1.59. The highest BCUT2D eigenvalue weighted by Crippen LogP contribution is 2.67. The summed E-state index contributed by atoms with van der Waals surface area (Å²) in [6, 6.07) is 6.11. The maximum absolute atomic E-state index is 14.7. The molecule has 30 heavy (non-hydrogen) atoms. The molecule has 5 rings (SSSR count). The van der Waals surface area contributed by atoms with E-state index in [2.05, 4.69) is 15.3 Å². The Kier molecular flexibility index (Phi) is 4.52. The van der Waals surface area contributed by atoms with Crippen LogP contribution in [-0.2, 0) is 29.7 Å². The Labute approximate surface area is 181 Å². The van der Waals surface area contributed by atoms with Gasteiger partial charge in [0.2, 0.25) is 5.91 Å². The number of imidazole rings is 1. The molecule has 0 bridgehead atoms. The van der Waals surface area contributed by atoms with Gasteiger partial charge in [0.05, 0.1) is 11.4 Å². The molecule has 154 valence electrons. The van der Waals surface area contributed by atoms with Crippen molar-refractivity contribution in [2.24, 2.45) is 0 Å². The Balaban J connectivity index is 1.39. The first-order valence-electron chi connectivity index (χ1n) is 9.52. The number of benzene rings is 1. The summed E-state index contributed by atoms with van der Waals surface area (Å²) >= 11 is 11.3. The number of aromatic nitrogens is 3. The van der Waals surface area contributed by atoms with E-state index in [9.17, 15) is 13.6 Å². The molecule has 3 aromatic rings. The maximum atomic E-state index is 14.7. The Bertz CT molecular complexity index is 1230. The van der Waals surface area contributed by atoms with Crippen LogP contribution in [0.3, 0.4) is 0 Å². The van der Waals surface area contributed by atoms with Gasteiger partial charge in [-0.15, -0.1) is 0 Å². The number of hydrogen-bond acceptors (Lipinski definition) is 3. The van der Waals surface area contributed by atoms with E-state index in [1.54, 1.807) is 18.5 Å². The number of fused-ring (bicyclic) bond motifs is 3. The molecule has 1 aliphatic heterocycles. The zero-order valence-corrected chi connectivity index (χ0v) is 17.3. The normalized spacial score (nSPS) is 21.2. The molecular weight excluding hydrogens is 430 g/mol. The number of amides is 1. The van der Waals surface area contributed by atoms with Crippen LogP contribution in [0.25, 0.3) is 0 Å². The van der Waals surface area contributed by atoms with Crippen LogP contribution < -0.4 is 5.32 Å². The second-order valence-electron chi connectivity index (χ2n) is 7.83. The van der Waals surface area contributed by atoms with E-state index in [0.717, 1.165) is 11.3 Å². The number of carbonyl (C=O) groups is 1. The van der Waals surface area contributed by atoms with Crippen molar-refractivity contribution in [3.8, 4) is 0 Å². The molecule has 5 nitrogen and oxygen atoms in total. The number of nitrogens with one attached hydrogen (secondary N) is 2. The van der Waals surface area contributed by atoms with Crippen molar-refractivity contribution in [2.75, 3.05) is 0 Å². The monoisotopic (exact) mass is 446 g/mol. The molecule has 9 heteroatoms. The van der Waals surface area contributed by atoms with E-state index in [1.165, 1.54) is 12.1 Å². The number of halogens is 3. The van der Waals surface area contributed by atoms with E-state index in [0.29, 0.717) is 30.0 Å². The minimum absolute atomic E-state index is 0.0186. The van der Waals surface area contributed by atoms with Crippen molar-refractivity contribution >= 4 is 29.7 Å². The first-order chi connectivity index (χ1) is 14.4. The smallest absolute Gasteiger partial charge is 0.226 e. The second kappa shape index (κ2) is 6.99. The molecule has 0 radical (unpaired) electrons. The van der Waals surface area contributed by atoms with Crippen LogP contribution >= 0.6 is 23.8 Å². The van der Waals surface area contributed by atoms with Gasteiger partial charge in [0.25, 0.3) is 0 Å². The van der Waals surface area contributed by atoms with Crippen LogP contribution in [0.5, 0.6) is 0 Å². The predicted octanol–water partition coefficient (Wildman–Crippen LogP) is 4.17. The molecule has 2 N–H and O–H groups in total. The summed E-state index contributed by atoms with van der Waals surface area (Å²) < 4.78 is 31.6. The Hall–Kier alpha value is -2.58. The summed E-state index contributed by atoms with van der Waals surface area (Å²) in [6.45, 7) is 0.740. The maximum Gasteiger partial charge on any atom is 0.226 e. The lowest BCUT2D eigenvalue weighted by Gasteiger charge is -2.16. The molecule has 1 saturated carbocycles. The number of nitrogens with zero attached hydrogens (tertiary/aromatic N) is 2. The topological polar surface area (TPSA) is 62.7 Å². The average molecular weight is 447 g/mol. The first kappa shape index (κ1) is 19.4. The van der Waals surface area contributed by atoms with Crippen molar-refractivity contribution in [2.45, 2.75) is 37.3 Å². The van der Waals surface area contributed by atoms with Gasteiger partial charge in [0.15, 0.2) is 4.77 Å². The fraction of sp³-hybridized carbons (Fsp3) is 0.286. The van der Waals surface area contributed by atoms with Crippen LogP contribution in [0.1, 0.15) is 34.9 Å². The number of hydrogen-bond donors (Lipinski definition) is 2. The molecule has 2 aromatic heterocycles. The number of pyridine rings is 1. The summed E-state index contributed by atoms with van der Waals surface area (Å²) in [7, 11) is 0. The molecule has 2 atom stereocenters. The summed E-state index contributed by atoms with van der Waals surface area (Å²) in [4.78, 5) is 19.6. The quantitative estimate of drug-likeness (QED) is 0.456. The summed E-state index contributed by atoms with van der Waals surface area (Å²) in [5, 5.41) is 2.77. The molecule has 0 saturated heterocycles. The number of carbonyl (C=O) groups excluding carboxylic acids is 1. The largest absolute Gasteiger partial charge is 0.352 e. The van der Waals surface area contributed by atoms with Gasteiger partial charge in [-0.3, -0.25) is 9.78 Å². The third kappa shape index (κ3) is 2.97. The van der Waals surface area contributed by atoms with E-state index in [1.807, 2.05) is 10.6 Å². The molecule has 0 unspecified atom stereocenters. The Morgan fingerprint density at radius 1 is 1.40 bits per heavy atom. The van der Waals surface area contributed by atoms with Crippen molar-refractivity contribution < 1.29 is 13.6 Å². The number of H-pyrrole nitrogens is 1. The van der Waals surface area contributed by atoms with Gasteiger partial charge in [0.1, 0.15) is 11.6 Å². The molecule has 1 aliphatic carbocycles. The van der Waals surface area contributed by atoms with Gasteiger partial charge in [-0.1, -0.05) is 17.7 Å². The van der Waals surface area contributed by atoms with Gasteiger partial charge in [-0.25, -0.2) is 8.78 Å². The van der Waals surface area contributed by atoms with E-state index in [4.69, 9.17) is 23.8 Å². The minimum Gasteiger partial charge on any atom is -0.352 e. The summed E-state index contributed by atoms with van der Waals surface area (Å²) in [6.07, 6.45) is 4.07. The molecule has 3 heterocycles. The van der Waals surface area contributed by atoms with E-state index >= 15 is 0 Å². The van der Waals surface area contributed by atoms with Gasteiger partial charge < -0.3 is 14.9 Å². The van der Waals surface area contributed by atoms with Crippen LogP contribution in [0.2, 0.25) is 5.02 Å². The number of rotatable bonds is 5. The number of aromatic amines is 1. The van der Waals surface area contributed by atoms with Crippen LogP contribution in [0.15, 0.2) is 36.7 Å². The van der Waals surface area contributed by atoms with Crippen molar-refractivity contribution in [1.82, 2.24) is 19.9 Å². The van der Waals surface area contributed by atoms with E-state index < -0.39 is 17.0 Å². The third-order valence-electron chi connectivity index (χ3n) is 6.04. The standard InChI is InChI=1S/C21H17ClF2N4OS/c22-13-3-4-14(23)17(18(13)24)21-7-12(21)19-15(27-20(30)28(19)10-21)6-16(29)26-9-11-2-1-5-25-8-11/h1-5,8,12H,6-7,9-10H2,(H,26,29)(H,27,30)/t12-,21-/m0/s1. The highest BCUT2D eigenvalue weighted by atomic mass is 35.5. The molecule has 0 spiro atoms.